The Hall–Kier alpha value is -1.42. The first-order chi connectivity index (χ1) is 9.66. The Morgan fingerprint density at radius 2 is 1.95 bits per heavy atom. The van der Waals surface area contributed by atoms with Crippen molar-refractivity contribution in [2.45, 2.75) is 38.1 Å². The highest BCUT2D eigenvalue weighted by molar-refractivity contribution is 7.80. The minimum atomic E-state index is 0.137. The third-order valence-electron chi connectivity index (χ3n) is 4.66. The average molecular weight is 288 g/mol. The number of rotatable bonds is 2. The van der Waals surface area contributed by atoms with Crippen molar-refractivity contribution >= 4 is 23.1 Å². The van der Waals surface area contributed by atoms with E-state index in [2.05, 4.69) is 4.90 Å². The van der Waals surface area contributed by atoms with Gasteiger partial charge in [-0.3, -0.25) is 4.79 Å². The fourth-order valence-electron chi connectivity index (χ4n) is 3.63. The molecule has 2 unspecified atom stereocenters. The molecule has 1 amide bonds. The van der Waals surface area contributed by atoms with Crippen LogP contribution in [0.2, 0.25) is 0 Å². The summed E-state index contributed by atoms with van der Waals surface area (Å²) in [6, 6.07) is 7.84. The van der Waals surface area contributed by atoms with E-state index in [4.69, 9.17) is 18.0 Å². The van der Waals surface area contributed by atoms with Gasteiger partial charge in [-0.05, 0) is 37.3 Å². The molecule has 0 spiro atoms. The summed E-state index contributed by atoms with van der Waals surface area (Å²) in [4.78, 5) is 15.1. The van der Waals surface area contributed by atoms with Gasteiger partial charge in [-0.1, -0.05) is 37.2 Å². The Morgan fingerprint density at radius 1 is 1.20 bits per heavy atom. The number of fused-ring (bicyclic) bond motifs is 1. The van der Waals surface area contributed by atoms with Crippen molar-refractivity contribution in [3.8, 4) is 0 Å². The normalized spacial score (nSPS) is 25.3. The fraction of sp³-hybridized carbons (Fsp3) is 0.500. The van der Waals surface area contributed by atoms with E-state index in [-0.39, 0.29) is 5.91 Å². The number of nitrogens with zero attached hydrogens (tertiary/aromatic N) is 1. The molecule has 2 atom stereocenters. The first-order valence-corrected chi connectivity index (χ1v) is 7.78. The fourth-order valence-corrected chi connectivity index (χ4v) is 3.76. The number of benzene rings is 1. The molecular weight excluding hydrogens is 268 g/mol. The van der Waals surface area contributed by atoms with E-state index >= 15 is 0 Å². The molecule has 2 fully saturated rings. The third kappa shape index (κ3) is 2.44. The van der Waals surface area contributed by atoms with E-state index in [0.717, 1.165) is 24.9 Å². The molecule has 4 heteroatoms. The molecule has 2 N–H and O–H groups in total. The van der Waals surface area contributed by atoms with Crippen LogP contribution in [0.5, 0.6) is 0 Å². The second-order valence-electron chi connectivity index (χ2n) is 5.84. The molecule has 1 aromatic carbocycles. The third-order valence-corrected chi connectivity index (χ3v) is 4.90. The highest BCUT2D eigenvalue weighted by Crippen LogP contribution is 2.36. The van der Waals surface area contributed by atoms with Crippen LogP contribution in [0.3, 0.4) is 0 Å². The van der Waals surface area contributed by atoms with E-state index in [1.807, 2.05) is 24.3 Å². The second kappa shape index (κ2) is 5.52. The van der Waals surface area contributed by atoms with Crippen molar-refractivity contribution in [1.29, 1.82) is 0 Å². The zero-order chi connectivity index (χ0) is 14.1. The molecule has 1 aliphatic carbocycles. The van der Waals surface area contributed by atoms with Gasteiger partial charge in [0.1, 0.15) is 4.99 Å². The summed E-state index contributed by atoms with van der Waals surface area (Å²) in [6.07, 6.45) is 6.16. The highest BCUT2D eigenvalue weighted by Gasteiger charge is 2.38. The molecule has 1 heterocycles. The van der Waals surface area contributed by atoms with Gasteiger partial charge in [-0.2, -0.15) is 0 Å². The van der Waals surface area contributed by atoms with Crippen molar-refractivity contribution in [2.75, 3.05) is 6.54 Å². The van der Waals surface area contributed by atoms with Crippen LogP contribution in [0.15, 0.2) is 24.3 Å². The molecule has 0 bridgehead atoms. The lowest BCUT2D eigenvalue weighted by Crippen LogP contribution is -2.39. The maximum absolute atomic E-state index is 12.7. The molecule has 1 aromatic rings. The molecule has 1 saturated carbocycles. The highest BCUT2D eigenvalue weighted by atomic mass is 32.1. The Labute approximate surface area is 125 Å². The maximum atomic E-state index is 12.7. The Morgan fingerprint density at radius 3 is 2.75 bits per heavy atom. The molecule has 106 valence electrons. The van der Waals surface area contributed by atoms with Crippen molar-refractivity contribution in [2.24, 2.45) is 11.7 Å². The molecule has 1 aliphatic heterocycles. The summed E-state index contributed by atoms with van der Waals surface area (Å²) in [5, 5.41) is 0. The number of carbonyl (C=O) groups is 1. The predicted molar refractivity (Wildman–Crippen MR) is 83.7 cm³/mol. The van der Waals surface area contributed by atoms with Gasteiger partial charge in [0, 0.05) is 23.7 Å². The molecule has 1 saturated heterocycles. The van der Waals surface area contributed by atoms with Gasteiger partial charge < -0.3 is 10.6 Å². The molecule has 3 rings (SSSR count). The van der Waals surface area contributed by atoms with Gasteiger partial charge in [0.05, 0.1) is 0 Å². The standard InChI is InChI=1S/C16H20N2OS/c17-15(20)12-5-3-6-13(10-12)16(19)18-9-8-11-4-1-2-7-14(11)18/h3,5-6,10-11,14H,1-2,4,7-9H2,(H2,17,20). The number of carbonyl (C=O) groups excluding carboxylic acids is 1. The number of thiocarbonyl (C=S) groups is 1. The van der Waals surface area contributed by atoms with E-state index < -0.39 is 0 Å². The summed E-state index contributed by atoms with van der Waals surface area (Å²) in [7, 11) is 0. The van der Waals surface area contributed by atoms with Gasteiger partial charge in [-0.25, -0.2) is 0 Å². The second-order valence-corrected chi connectivity index (χ2v) is 6.28. The topological polar surface area (TPSA) is 46.3 Å². The lowest BCUT2D eigenvalue weighted by molar-refractivity contribution is 0.0690. The molecule has 0 radical (unpaired) electrons. The zero-order valence-corrected chi connectivity index (χ0v) is 12.4. The van der Waals surface area contributed by atoms with Crippen molar-refractivity contribution in [3.05, 3.63) is 35.4 Å². The molecule has 20 heavy (non-hydrogen) atoms. The maximum Gasteiger partial charge on any atom is 0.254 e. The van der Waals surface area contributed by atoms with E-state index in [0.29, 0.717) is 22.5 Å². The van der Waals surface area contributed by atoms with Gasteiger partial charge in [-0.15, -0.1) is 0 Å². The van der Waals surface area contributed by atoms with Crippen molar-refractivity contribution < 1.29 is 4.79 Å². The van der Waals surface area contributed by atoms with Crippen molar-refractivity contribution in [1.82, 2.24) is 4.90 Å². The average Bonchev–Trinajstić information content (AvgIpc) is 2.90. The Balaban J connectivity index is 1.82. The predicted octanol–water partition coefficient (Wildman–Crippen LogP) is 2.73. The number of amides is 1. The summed E-state index contributed by atoms with van der Waals surface area (Å²) in [5.74, 6) is 0.851. The van der Waals surface area contributed by atoms with Crippen LogP contribution in [0.1, 0.15) is 48.0 Å². The SMILES string of the molecule is NC(=S)c1cccc(C(=O)N2CCC3CCCCC32)c1. The summed E-state index contributed by atoms with van der Waals surface area (Å²) >= 11 is 4.99. The van der Waals surface area contributed by atoms with Crippen LogP contribution in [0.25, 0.3) is 0 Å². The number of likely N-dealkylation sites (tertiary alicyclic amines) is 1. The minimum absolute atomic E-state index is 0.137. The molecule has 3 nitrogen and oxygen atoms in total. The van der Waals surface area contributed by atoms with E-state index in [9.17, 15) is 4.79 Å². The van der Waals surface area contributed by atoms with E-state index in [1.54, 1.807) is 0 Å². The van der Waals surface area contributed by atoms with Crippen LogP contribution in [-0.2, 0) is 0 Å². The van der Waals surface area contributed by atoms with E-state index in [1.165, 1.54) is 19.3 Å². The van der Waals surface area contributed by atoms with Crippen LogP contribution in [0.4, 0.5) is 0 Å². The molecular formula is C16H20N2OS. The lowest BCUT2D eigenvalue weighted by Gasteiger charge is -2.31. The zero-order valence-electron chi connectivity index (χ0n) is 11.5. The van der Waals surface area contributed by atoms with Gasteiger partial charge in [0.15, 0.2) is 0 Å². The van der Waals surface area contributed by atoms with Crippen LogP contribution < -0.4 is 5.73 Å². The summed E-state index contributed by atoms with van der Waals surface area (Å²) in [6.45, 7) is 0.894. The Kier molecular flexibility index (Phi) is 3.74. The number of nitrogens with two attached hydrogens (primary N) is 1. The monoisotopic (exact) mass is 288 g/mol. The lowest BCUT2D eigenvalue weighted by atomic mass is 9.85. The van der Waals surface area contributed by atoms with Gasteiger partial charge in [0.2, 0.25) is 0 Å². The van der Waals surface area contributed by atoms with Crippen LogP contribution in [0, 0.1) is 5.92 Å². The summed E-state index contributed by atoms with van der Waals surface area (Å²) < 4.78 is 0. The first-order valence-electron chi connectivity index (χ1n) is 7.37. The number of hydrogen-bond acceptors (Lipinski definition) is 2. The minimum Gasteiger partial charge on any atom is -0.389 e. The van der Waals surface area contributed by atoms with Gasteiger partial charge >= 0.3 is 0 Å². The largest absolute Gasteiger partial charge is 0.389 e. The first kappa shape index (κ1) is 13.6. The van der Waals surface area contributed by atoms with Crippen LogP contribution >= 0.6 is 12.2 Å². The number of hydrogen-bond donors (Lipinski definition) is 1. The molecule has 2 aliphatic rings. The van der Waals surface area contributed by atoms with Crippen molar-refractivity contribution in [3.63, 3.8) is 0 Å². The smallest absolute Gasteiger partial charge is 0.254 e. The summed E-state index contributed by atoms with van der Waals surface area (Å²) in [5.41, 5.74) is 7.13. The quantitative estimate of drug-likeness (QED) is 0.851. The van der Waals surface area contributed by atoms with Gasteiger partial charge in [0.25, 0.3) is 5.91 Å². The van der Waals surface area contributed by atoms with Crippen LogP contribution in [-0.4, -0.2) is 28.4 Å². The molecule has 0 aromatic heterocycles. The Bertz CT molecular complexity index is 543.